The van der Waals surface area contributed by atoms with Crippen LogP contribution in [0.5, 0.6) is 5.75 Å². The van der Waals surface area contributed by atoms with Crippen LogP contribution in [0.3, 0.4) is 0 Å². The van der Waals surface area contributed by atoms with E-state index in [0.717, 1.165) is 11.8 Å². The van der Waals surface area contributed by atoms with E-state index in [0.29, 0.717) is 35.7 Å². The molecular weight excluding hydrogens is 420 g/mol. The average Bonchev–Trinajstić information content (AvgIpc) is 2.72. The second-order valence-corrected chi connectivity index (χ2v) is 8.84. The van der Waals surface area contributed by atoms with Gasteiger partial charge in [-0.1, -0.05) is 6.07 Å². The van der Waals surface area contributed by atoms with Gasteiger partial charge in [0.2, 0.25) is 15.9 Å². The highest BCUT2D eigenvalue weighted by Gasteiger charge is 2.18. The molecule has 1 N–H and O–H groups in total. The van der Waals surface area contributed by atoms with Crippen molar-refractivity contribution in [3.05, 3.63) is 53.6 Å². The zero-order chi connectivity index (χ0) is 23.0. The minimum atomic E-state index is -3.52. The molecule has 2 aromatic rings. The van der Waals surface area contributed by atoms with E-state index in [1.54, 1.807) is 42.5 Å². The van der Waals surface area contributed by atoms with Crippen LogP contribution in [0.4, 0.5) is 11.4 Å². The fourth-order valence-corrected chi connectivity index (χ4v) is 3.92. The van der Waals surface area contributed by atoms with Crippen molar-refractivity contribution in [1.82, 2.24) is 0 Å². The number of nitrogens with zero attached hydrogens (tertiary/aromatic N) is 1. The number of benzene rings is 2. The molecule has 0 aromatic heterocycles. The van der Waals surface area contributed by atoms with Crippen molar-refractivity contribution in [3.63, 3.8) is 0 Å². The van der Waals surface area contributed by atoms with Gasteiger partial charge in [-0.2, -0.15) is 0 Å². The molecule has 0 spiro atoms. The maximum atomic E-state index is 12.4. The van der Waals surface area contributed by atoms with Crippen LogP contribution < -0.4 is 14.4 Å². The number of hydrogen-bond acceptors (Lipinski definition) is 6. The first kappa shape index (κ1) is 24.2. The standard InChI is InChI=1S/C22H28N2O6S/c1-5-30-19-12-10-18(11-13-19)24(31(4,27)28)14-6-7-21(25)23-20-15-17(22(26)29-3)9-8-16(20)2/h8-13,15H,5-7,14H2,1-4H3,(H,23,25). The predicted octanol–water partition coefficient (Wildman–Crippen LogP) is 3.37. The van der Waals surface area contributed by atoms with Crippen molar-refractivity contribution in [2.75, 3.05) is 36.1 Å². The van der Waals surface area contributed by atoms with Crippen LogP contribution in [0.2, 0.25) is 0 Å². The first-order chi connectivity index (χ1) is 14.7. The molecule has 0 unspecified atom stereocenters. The molecule has 0 saturated carbocycles. The van der Waals surface area contributed by atoms with Gasteiger partial charge in [-0.15, -0.1) is 0 Å². The largest absolute Gasteiger partial charge is 0.494 e. The number of carbonyl (C=O) groups is 2. The predicted molar refractivity (Wildman–Crippen MR) is 120 cm³/mol. The molecule has 0 heterocycles. The summed E-state index contributed by atoms with van der Waals surface area (Å²) in [7, 11) is -2.23. The number of esters is 1. The molecule has 0 aliphatic rings. The Morgan fingerprint density at radius 3 is 2.35 bits per heavy atom. The number of nitrogens with one attached hydrogen (secondary N) is 1. The molecule has 0 bridgehead atoms. The molecule has 0 saturated heterocycles. The van der Waals surface area contributed by atoms with Gasteiger partial charge in [-0.05, 0) is 62.2 Å². The molecule has 8 nitrogen and oxygen atoms in total. The lowest BCUT2D eigenvalue weighted by atomic mass is 10.1. The zero-order valence-electron chi connectivity index (χ0n) is 18.2. The number of carbonyl (C=O) groups excluding carboxylic acids is 2. The summed E-state index contributed by atoms with van der Waals surface area (Å²) < 4.78 is 35.8. The van der Waals surface area contributed by atoms with Gasteiger partial charge in [0.15, 0.2) is 0 Å². The Morgan fingerprint density at radius 2 is 1.77 bits per heavy atom. The Labute approximate surface area is 183 Å². The van der Waals surface area contributed by atoms with E-state index in [1.165, 1.54) is 11.4 Å². The Hall–Kier alpha value is -3.07. The molecule has 0 radical (unpaired) electrons. The molecular formula is C22H28N2O6S. The van der Waals surface area contributed by atoms with Gasteiger partial charge in [0.05, 0.1) is 31.2 Å². The maximum Gasteiger partial charge on any atom is 0.337 e. The molecule has 0 aliphatic heterocycles. The summed E-state index contributed by atoms with van der Waals surface area (Å²) in [6, 6.07) is 11.7. The van der Waals surface area contributed by atoms with Gasteiger partial charge in [0.25, 0.3) is 0 Å². The second-order valence-electron chi connectivity index (χ2n) is 6.94. The monoisotopic (exact) mass is 448 g/mol. The number of sulfonamides is 1. The van der Waals surface area contributed by atoms with Crippen LogP contribution in [0.25, 0.3) is 0 Å². The number of anilines is 2. The van der Waals surface area contributed by atoms with Crippen molar-refractivity contribution >= 4 is 33.3 Å². The summed E-state index contributed by atoms with van der Waals surface area (Å²) in [6.07, 6.45) is 1.57. The molecule has 0 fully saturated rings. The number of methoxy groups -OCH3 is 1. The fourth-order valence-electron chi connectivity index (χ4n) is 2.96. The van der Waals surface area contributed by atoms with E-state index in [1.807, 2.05) is 13.8 Å². The SMILES string of the molecule is CCOc1ccc(N(CCCC(=O)Nc2cc(C(=O)OC)ccc2C)S(C)(=O)=O)cc1. The van der Waals surface area contributed by atoms with Crippen molar-refractivity contribution < 1.29 is 27.5 Å². The molecule has 31 heavy (non-hydrogen) atoms. The van der Waals surface area contributed by atoms with Gasteiger partial charge in [-0.3, -0.25) is 9.10 Å². The lowest BCUT2D eigenvalue weighted by molar-refractivity contribution is -0.116. The quantitative estimate of drug-likeness (QED) is 0.559. The van der Waals surface area contributed by atoms with E-state index in [2.05, 4.69) is 5.32 Å². The fraction of sp³-hybridized carbons (Fsp3) is 0.364. The normalized spacial score (nSPS) is 11.0. The number of rotatable bonds is 10. The van der Waals surface area contributed by atoms with Crippen LogP contribution in [-0.2, 0) is 19.6 Å². The third kappa shape index (κ3) is 6.99. The summed E-state index contributed by atoms with van der Waals surface area (Å²) in [6.45, 7) is 4.36. The highest BCUT2D eigenvalue weighted by atomic mass is 32.2. The molecule has 1 amide bonds. The van der Waals surface area contributed by atoms with Gasteiger partial charge in [-0.25, -0.2) is 13.2 Å². The Bertz CT molecular complexity index is 1020. The lowest BCUT2D eigenvalue weighted by Crippen LogP contribution is -2.31. The van der Waals surface area contributed by atoms with Crippen molar-refractivity contribution in [2.45, 2.75) is 26.7 Å². The Morgan fingerprint density at radius 1 is 1.10 bits per heavy atom. The molecule has 0 aliphatic carbocycles. The smallest absolute Gasteiger partial charge is 0.337 e. The van der Waals surface area contributed by atoms with Gasteiger partial charge in [0.1, 0.15) is 5.75 Å². The highest BCUT2D eigenvalue weighted by Crippen LogP contribution is 2.23. The van der Waals surface area contributed by atoms with E-state index in [-0.39, 0.29) is 18.9 Å². The van der Waals surface area contributed by atoms with E-state index < -0.39 is 16.0 Å². The Kier molecular flexibility index (Phi) is 8.44. The number of amides is 1. The van der Waals surface area contributed by atoms with Crippen molar-refractivity contribution in [1.29, 1.82) is 0 Å². The summed E-state index contributed by atoms with van der Waals surface area (Å²) >= 11 is 0. The molecule has 2 aromatic carbocycles. The molecule has 9 heteroatoms. The van der Waals surface area contributed by atoms with Crippen LogP contribution >= 0.6 is 0 Å². The van der Waals surface area contributed by atoms with Crippen LogP contribution in [0, 0.1) is 6.92 Å². The third-order valence-electron chi connectivity index (χ3n) is 4.53. The minimum Gasteiger partial charge on any atom is -0.494 e. The van der Waals surface area contributed by atoms with Gasteiger partial charge < -0.3 is 14.8 Å². The average molecular weight is 449 g/mol. The topological polar surface area (TPSA) is 102 Å². The highest BCUT2D eigenvalue weighted by molar-refractivity contribution is 7.92. The van der Waals surface area contributed by atoms with E-state index in [4.69, 9.17) is 9.47 Å². The van der Waals surface area contributed by atoms with Crippen molar-refractivity contribution in [3.8, 4) is 5.75 Å². The maximum absolute atomic E-state index is 12.4. The Balaban J connectivity index is 2.01. The van der Waals surface area contributed by atoms with E-state index >= 15 is 0 Å². The zero-order valence-corrected chi connectivity index (χ0v) is 19.0. The number of ether oxygens (including phenoxy) is 2. The summed E-state index contributed by atoms with van der Waals surface area (Å²) in [5.41, 5.74) is 2.16. The first-order valence-electron chi connectivity index (χ1n) is 9.85. The summed E-state index contributed by atoms with van der Waals surface area (Å²) in [5.74, 6) is -0.108. The molecule has 2 rings (SSSR count). The molecule has 0 atom stereocenters. The minimum absolute atomic E-state index is 0.116. The van der Waals surface area contributed by atoms with Gasteiger partial charge in [0, 0.05) is 18.7 Å². The third-order valence-corrected chi connectivity index (χ3v) is 5.73. The lowest BCUT2D eigenvalue weighted by Gasteiger charge is -2.22. The van der Waals surface area contributed by atoms with E-state index in [9.17, 15) is 18.0 Å². The second kappa shape index (κ2) is 10.8. The van der Waals surface area contributed by atoms with Crippen LogP contribution in [0.1, 0.15) is 35.7 Å². The van der Waals surface area contributed by atoms with Gasteiger partial charge >= 0.3 is 5.97 Å². The van der Waals surface area contributed by atoms with Crippen LogP contribution in [-0.4, -0.2) is 46.8 Å². The number of hydrogen-bond donors (Lipinski definition) is 1. The summed E-state index contributed by atoms with van der Waals surface area (Å²) in [4.78, 5) is 24.1. The summed E-state index contributed by atoms with van der Waals surface area (Å²) in [5, 5.41) is 2.77. The molecule has 168 valence electrons. The first-order valence-corrected chi connectivity index (χ1v) is 11.7. The van der Waals surface area contributed by atoms with Crippen molar-refractivity contribution in [2.24, 2.45) is 0 Å². The number of aryl methyl sites for hydroxylation is 1. The van der Waals surface area contributed by atoms with Crippen LogP contribution in [0.15, 0.2) is 42.5 Å².